The lowest BCUT2D eigenvalue weighted by Crippen LogP contribution is -2.25. The average molecular weight is 346 g/mol. The highest BCUT2D eigenvalue weighted by molar-refractivity contribution is 9.10. The minimum Gasteiger partial charge on any atom is -0.496 e. The number of ether oxygens (including phenoxy) is 3. The zero-order chi connectivity index (χ0) is 14.8. The van der Waals surface area contributed by atoms with Crippen molar-refractivity contribution in [1.29, 1.82) is 0 Å². The van der Waals surface area contributed by atoms with Gasteiger partial charge in [-0.2, -0.15) is 0 Å². The van der Waals surface area contributed by atoms with Crippen LogP contribution in [0.4, 0.5) is 0 Å². The van der Waals surface area contributed by atoms with Crippen LogP contribution >= 0.6 is 15.9 Å². The Morgan fingerprint density at radius 1 is 1.25 bits per heavy atom. The molecule has 0 unspecified atom stereocenters. The Balaban J connectivity index is 2.32. The largest absolute Gasteiger partial charge is 0.496 e. The summed E-state index contributed by atoms with van der Waals surface area (Å²) in [6, 6.07) is 5.31. The lowest BCUT2D eigenvalue weighted by atomic mass is 10.2. The molecule has 0 aliphatic heterocycles. The van der Waals surface area contributed by atoms with Crippen LogP contribution in [0.1, 0.15) is 16.8 Å². The smallest absolute Gasteiger partial charge is 0.255 e. The number of methoxy groups -OCH3 is 2. The summed E-state index contributed by atoms with van der Waals surface area (Å²) >= 11 is 3.34. The third kappa shape index (κ3) is 5.90. The monoisotopic (exact) mass is 345 g/mol. The van der Waals surface area contributed by atoms with Crippen LogP contribution in [-0.4, -0.2) is 46.5 Å². The molecular weight excluding hydrogens is 326 g/mol. The molecular formula is C14H20BrNO4. The summed E-state index contributed by atoms with van der Waals surface area (Å²) in [5.74, 6) is 0.402. The molecule has 0 aliphatic rings. The van der Waals surface area contributed by atoms with Crippen LogP contribution in [0.15, 0.2) is 22.7 Å². The topological polar surface area (TPSA) is 56.8 Å². The lowest BCUT2D eigenvalue weighted by molar-refractivity contribution is 0.0688. The number of nitrogens with one attached hydrogen (secondary N) is 1. The second kappa shape index (κ2) is 9.74. The molecule has 1 N–H and O–H groups in total. The summed E-state index contributed by atoms with van der Waals surface area (Å²) in [5.41, 5.74) is 0.524. The molecule has 0 aliphatic carbocycles. The van der Waals surface area contributed by atoms with Gasteiger partial charge in [0, 0.05) is 24.7 Å². The Morgan fingerprint density at radius 2 is 2.05 bits per heavy atom. The van der Waals surface area contributed by atoms with Crippen LogP contribution in [0.2, 0.25) is 0 Å². The Bertz CT molecular complexity index is 426. The molecule has 20 heavy (non-hydrogen) atoms. The molecule has 1 aromatic carbocycles. The molecule has 112 valence electrons. The fourth-order valence-electron chi connectivity index (χ4n) is 1.57. The van der Waals surface area contributed by atoms with E-state index in [2.05, 4.69) is 21.2 Å². The van der Waals surface area contributed by atoms with Gasteiger partial charge in [-0.05, 0) is 24.6 Å². The lowest BCUT2D eigenvalue weighted by Gasteiger charge is -2.10. The summed E-state index contributed by atoms with van der Waals surface area (Å²) in [6.07, 6.45) is 0.758. The highest BCUT2D eigenvalue weighted by Crippen LogP contribution is 2.23. The van der Waals surface area contributed by atoms with Crippen LogP contribution in [0.5, 0.6) is 5.75 Å². The summed E-state index contributed by atoms with van der Waals surface area (Å²) in [7, 11) is 3.18. The predicted octanol–water partition coefficient (Wildman–Crippen LogP) is 2.24. The van der Waals surface area contributed by atoms with Gasteiger partial charge in [-0.3, -0.25) is 4.79 Å². The van der Waals surface area contributed by atoms with Gasteiger partial charge in [0.05, 0.1) is 25.9 Å². The van der Waals surface area contributed by atoms with Gasteiger partial charge < -0.3 is 19.5 Å². The first-order chi connectivity index (χ1) is 9.69. The Labute approximate surface area is 127 Å². The van der Waals surface area contributed by atoms with Crippen molar-refractivity contribution >= 4 is 21.8 Å². The van der Waals surface area contributed by atoms with E-state index in [0.717, 1.165) is 10.9 Å². The van der Waals surface area contributed by atoms with E-state index in [9.17, 15) is 4.79 Å². The Kier molecular flexibility index (Phi) is 8.25. The molecule has 0 heterocycles. The second-order valence-electron chi connectivity index (χ2n) is 4.06. The summed E-state index contributed by atoms with van der Waals surface area (Å²) in [5, 5.41) is 2.84. The van der Waals surface area contributed by atoms with Gasteiger partial charge >= 0.3 is 0 Å². The number of amides is 1. The number of halogens is 1. The molecule has 0 atom stereocenters. The summed E-state index contributed by atoms with van der Waals surface area (Å²) in [4.78, 5) is 12.0. The van der Waals surface area contributed by atoms with Gasteiger partial charge in [0.15, 0.2) is 0 Å². The summed E-state index contributed by atoms with van der Waals surface area (Å²) in [6.45, 7) is 2.32. The van der Waals surface area contributed by atoms with Gasteiger partial charge in [0.2, 0.25) is 0 Å². The van der Waals surface area contributed by atoms with E-state index in [-0.39, 0.29) is 5.91 Å². The van der Waals surface area contributed by atoms with E-state index in [0.29, 0.717) is 37.7 Å². The van der Waals surface area contributed by atoms with E-state index in [4.69, 9.17) is 14.2 Å². The normalized spacial score (nSPS) is 10.3. The van der Waals surface area contributed by atoms with E-state index in [1.165, 1.54) is 0 Å². The van der Waals surface area contributed by atoms with Crippen molar-refractivity contribution in [3.05, 3.63) is 28.2 Å². The number of benzene rings is 1. The summed E-state index contributed by atoms with van der Waals surface area (Å²) < 4.78 is 16.2. The Hall–Kier alpha value is -1.11. The first-order valence-corrected chi connectivity index (χ1v) is 7.16. The van der Waals surface area contributed by atoms with Crippen LogP contribution in [0.3, 0.4) is 0 Å². The third-order valence-electron chi connectivity index (χ3n) is 2.59. The second-order valence-corrected chi connectivity index (χ2v) is 4.97. The molecule has 0 bridgehead atoms. The standard InChI is InChI=1S/C14H20BrNO4/c1-18-8-9-20-7-3-6-16-14(17)12-5-4-11(15)10-13(12)19-2/h4-5,10H,3,6-9H2,1-2H3,(H,16,17). The van der Waals surface area contributed by atoms with Crippen molar-refractivity contribution in [2.24, 2.45) is 0 Å². The maximum atomic E-state index is 12.0. The highest BCUT2D eigenvalue weighted by atomic mass is 79.9. The maximum absolute atomic E-state index is 12.0. The van der Waals surface area contributed by atoms with Crippen LogP contribution in [0.25, 0.3) is 0 Å². The number of hydrogen-bond donors (Lipinski definition) is 1. The maximum Gasteiger partial charge on any atom is 0.255 e. The number of carbonyl (C=O) groups is 1. The van der Waals surface area contributed by atoms with Crippen molar-refractivity contribution < 1.29 is 19.0 Å². The van der Waals surface area contributed by atoms with Crippen LogP contribution < -0.4 is 10.1 Å². The molecule has 0 saturated carbocycles. The molecule has 1 rings (SSSR count). The van der Waals surface area contributed by atoms with Gasteiger partial charge in [-0.1, -0.05) is 15.9 Å². The Morgan fingerprint density at radius 3 is 2.75 bits per heavy atom. The number of hydrogen-bond acceptors (Lipinski definition) is 4. The van der Waals surface area contributed by atoms with E-state index in [1.807, 2.05) is 6.07 Å². The quantitative estimate of drug-likeness (QED) is 0.697. The molecule has 0 aromatic heterocycles. The van der Waals surface area contributed by atoms with Gasteiger partial charge in [-0.25, -0.2) is 0 Å². The van der Waals surface area contributed by atoms with Crippen molar-refractivity contribution in [1.82, 2.24) is 5.32 Å². The van der Waals surface area contributed by atoms with Crippen molar-refractivity contribution in [3.8, 4) is 5.75 Å². The number of carbonyl (C=O) groups excluding carboxylic acids is 1. The molecule has 0 radical (unpaired) electrons. The van der Waals surface area contributed by atoms with Crippen LogP contribution in [-0.2, 0) is 9.47 Å². The van der Waals surface area contributed by atoms with Crippen LogP contribution in [0, 0.1) is 0 Å². The molecule has 0 saturated heterocycles. The minimum atomic E-state index is -0.147. The van der Waals surface area contributed by atoms with E-state index >= 15 is 0 Å². The van der Waals surface area contributed by atoms with E-state index < -0.39 is 0 Å². The van der Waals surface area contributed by atoms with Gasteiger partial charge in [-0.15, -0.1) is 0 Å². The fourth-order valence-corrected chi connectivity index (χ4v) is 1.91. The number of rotatable bonds is 9. The SMILES string of the molecule is COCCOCCCNC(=O)c1ccc(Br)cc1OC. The zero-order valence-electron chi connectivity index (χ0n) is 11.8. The first kappa shape index (κ1) is 16.9. The molecule has 0 fully saturated rings. The van der Waals surface area contributed by atoms with E-state index in [1.54, 1.807) is 26.4 Å². The predicted molar refractivity (Wildman–Crippen MR) is 80.3 cm³/mol. The van der Waals surface area contributed by atoms with Crippen molar-refractivity contribution in [2.45, 2.75) is 6.42 Å². The molecule has 5 nitrogen and oxygen atoms in total. The van der Waals surface area contributed by atoms with Gasteiger partial charge in [0.25, 0.3) is 5.91 Å². The molecule has 0 spiro atoms. The zero-order valence-corrected chi connectivity index (χ0v) is 13.4. The van der Waals surface area contributed by atoms with Crippen molar-refractivity contribution in [2.75, 3.05) is 40.6 Å². The molecule has 1 amide bonds. The highest BCUT2D eigenvalue weighted by Gasteiger charge is 2.11. The first-order valence-electron chi connectivity index (χ1n) is 6.37. The third-order valence-corrected chi connectivity index (χ3v) is 3.08. The molecule has 1 aromatic rings. The van der Waals surface area contributed by atoms with Gasteiger partial charge in [0.1, 0.15) is 5.75 Å². The minimum absolute atomic E-state index is 0.147. The molecule has 6 heteroatoms. The average Bonchev–Trinajstić information content (AvgIpc) is 2.45. The van der Waals surface area contributed by atoms with Crippen molar-refractivity contribution in [3.63, 3.8) is 0 Å². The fraction of sp³-hybridized carbons (Fsp3) is 0.500.